The van der Waals surface area contributed by atoms with Gasteiger partial charge in [0.05, 0.1) is 7.11 Å². The van der Waals surface area contributed by atoms with Gasteiger partial charge in [0.25, 0.3) is 0 Å². The van der Waals surface area contributed by atoms with Gasteiger partial charge in [0.2, 0.25) is 5.88 Å². The number of pyridine rings is 1. The molecule has 106 valence electrons. The van der Waals surface area contributed by atoms with Gasteiger partial charge in [0.15, 0.2) is 11.5 Å². The molecule has 0 atom stereocenters. The lowest BCUT2D eigenvalue weighted by molar-refractivity contribution is 0.373. The molecule has 1 heterocycles. The molecular formula is C16H20N2O2. The number of aryl methyl sites for hydroxylation is 1. The van der Waals surface area contributed by atoms with Crippen molar-refractivity contribution in [2.75, 3.05) is 14.2 Å². The van der Waals surface area contributed by atoms with Crippen LogP contribution in [-0.2, 0) is 13.0 Å². The van der Waals surface area contributed by atoms with Gasteiger partial charge in [-0.2, -0.15) is 0 Å². The van der Waals surface area contributed by atoms with E-state index in [1.165, 1.54) is 5.56 Å². The number of aromatic nitrogens is 1. The van der Waals surface area contributed by atoms with E-state index in [2.05, 4.69) is 17.2 Å². The molecule has 0 radical (unpaired) electrons. The molecule has 1 aromatic heterocycles. The number of hydrogen-bond donors (Lipinski definition) is 1. The van der Waals surface area contributed by atoms with Crippen LogP contribution >= 0.6 is 0 Å². The van der Waals surface area contributed by atoms with E-state index < -0.39 is 0 Å². The zero-order chi connectivity index (χ0) is 14.4. The maximum Gasteiger partial charge on any atom is 0.219 e. The molecule has 0 amide bonds. The van der Waals surface area contributed by atoms with Crippen LogP contribution in [0.25, 0.3) is 0 Å². The normalized spacial score (nSPS) is 10.3. The summed E-state index contributed by atoms with van der Waals surface area (Å²) in [5, 5.41) is 3.10. The maximum atomic E-state index is 5.82. The van der Waals surface area contributed by atoms with Gasteiger partial charge in [0.1, 0.15) is 0 Å². The fraction of sp³-hybridized carbons (Fsp3) is 0.312. The Hall–Kier alpha value is -2.07. The lowest BCUT2D eigenvalue weighted by atomic mass is 10.1. The van der Waals surface area contributed by atoms with Gasteiger partial charge in [-0.25, -0.2) is 4.98 Å². The molecule has 0 saturated heterocycles. The Labute approximate surface area is 119 Å². The SMILES string of the molecule is CCc1ccc(Oc2cc(CNC)ccn2)c(OC)c1. The third-order valence-corrected chi connectivity index (χ3v) is 3.03. The first-order chi connectivity index (χ1) is 9.76. The van der Waals surface area contributed by atoms with Crippen molar-refractivity contribution in [1.29, 1.82) is 0 Å². The first kappa shape index (κ1) is 14.3. The minimum absolute atomic E-state index is 0.570. The number of methoxy groups -OCH3 is 1. The highest BCUT2D eigenvalue weighted by Crippen LogP contribution is 2.31. The zero-order valence-electron chi connectivity index (χ0n) is 12.1. The molecule has 0 saturated carbocycles. The number of hydrogen-bond acceptors (Lipinski definition) is 4. The number of ether oxygens (including phenoxy) is 2. The van der Waals surface area contributed by atoms with Crippen molar-refractivity contribution < 1.29 is 9.47 Å². The van der Waals surface area contributed by atoms with Crippen molar-refractivity contribution >= 4 is 0 Å². The zero-order valence-corrected chi connectivity index (χ0v) is 12.1. The summed E-state index contributed by atoms with van der Waals surface area (Å²) in [6, 6.07) is 9.83. The highest BCUT2D eigenvalue weighted by Gasteiger charge is 2.07. The molecule has 0 spiro atoms. The van der Waals surface area contributed by atoms with E-state index in [4.69, 9.17) is 9.47 Å². The van der Waals surface area contributed by atoms with E-state index in [-0.39, 0.29) is 0 Å². The lowest BCUT2D eigenvalue weighted by Gasteiger charge is -2.11. The standard InChI is InChI=1S/C16H20N2O2/c1-4-12-5-6-14(15(9-12)19-3)20-16-10-13(11-17-2)7-8-18-16/h5-10,17H,4,11H2,1-3H3. The van der Waals surface area contributed by atoms with Crippen LogP contribution in [-0.4, -0.2) is 19.1 Å². The van der Waals surface area contributed by atoms with Crippen molar-refractivity contribution in [1.82, 2.24) is 10.3 Å². The number of nitrogens with zero attached hydrogens (tertiary/aromatic N) is 1. The molecule has 20 heavy (non-hydrogen) atoms. The summed E-state index contributed by atoms with van der Waals surface area (Å²) in [6.07, 6.45) is 2.71. The highest BCUT2D eigenvalue weighted by molar-refractivity contribution is 5.44. The molecule has 4 nitrogen and oxygen atoms in total. The van der Waals surface area contributed by atoms with Gasteiger partial charge in [0, 0.05) is 18.8 Å². The smallest absolute Gasteiger partial charge is 0.219 e. The van der Waals surface area contributed by atoms with Crippen LogP contribution < -0.4 is 14.8 Å². The third kappa shape index (κ3) is 3.48. The Kier molecular flexibility index (Phi) is 4.96. The van der Waals surface area contributed by atoms with E-state index in [9.17, 15) is 0 Å². The summed E-state index contributed by atoms with van der Waals surface area (Å²) in [5.74, 6) is 1.98. The van der Waals surface area contributed by atoms with Gasteiger partial charge < -0.3 is 14.8 Å². The van der Waals surface area contributed by atoms with Gasteiger partial charge in [-0.15, -0.1) is 0 Å². The van der Waals surface area contributed by atoms with E-state index in [0.29, 0.717) is 11.6 Å². The van der Waals surface area contributed by atoms with Crippen LogP contribution in [0, 0.1) is 0 Å². The molecule has 0 fully saturated rings. The Morgan fingerprint density at radius 1 is 1.10 bits per heavy atom. The number of nitrogens with one attached hydrogen (secondary N) is 1. The van der Waals surface area contributed by atoms with Crippen LogP contribution in [0.4, 0.5) is 0 Å². The summed E-state index contributed by atoms with van der Waals surface area (Å²) in [5.41, 5.74) is 2.34. The lowest BCUT2D eigenvalue weighted by Crippen LogP contribution is -2.05. The first-order valence-corrected chi connectivity index (χ1v) is 6.71. The molecule has 0 unspecified atom stereocenters. The Morgan fingerprint density at radius 2 is 1.95 bits per heavy atom. The van der Waals surface area contributed by atoms with Gasteiger partial charge in [-0.1, -0.05) is 13.0 Å². The second-order valence-corrected chi connectivity index (χ2v) is 4.47. The molecule has 1 N–H and O–H groups in total. The molecule has 2 rings (SSSR count). The van der Waals surface area contributed by atoms with Crippen molar-refractivity contribution in [2.45, 2.75) is 19.9 Å². The molecule has 1 aromatic carbocycles. The molecule has 0 aliphatic heterocycles. The third-order valence-electron chi connectivity index (χ3n) is 3.03. The average molecular weight is 272 g/mol. The molecule has 0 bridgehead atoms. The predicted molar refractivity (Wildman–Crippen MR) is 79.4 cm³/mol. The summed E-state index contributed by atoms with van der Waals surface area (Å²) in [4.78, 5) is 4.23. The van der Waals surface area contributed by atoms with Crippen LogP contribution in [0.1, 0.15) is 18.1 Å². The Bertz CT molecular complexity index is 570. The summed E-state index contributed by atoms with van der Waals surface area (Å²) in [7, 11) is 3.56. The largest absolute Gasteiger partial charge is 0.493 e. The minimum atomic E-state index is 0.570. The van der Waals surface area contributed by atoms with E-state index in [0.717, 1.165) is 24.3 Å². The number of rotatable bonds is 6. The predicted octanol–water partition coefficient (Wildman–Crippen LogP) is 3.16. The van der Waals surface area contributed by atoms with Crippen LogP contribution in [0.15, 0.2) is 36.5 Å². The molecule has 0 aliphatic rings. The van der Waals surface area contributed by atoms with E-state index in [1.807, 2.05) is 37.4 Å². The second-order valence-electron chi connectivity index (χ2n) is 4.47. The van der Waals surface area contributed by atoms with E-state index >= 15 is 0 Å². The molecular weight excluding hydrogens is 252 g/mol. The van der Waals surface area contributed by atoms with Gasteiger partial charge in [-0.3, -0.25) is 0 Å². The topological polar surface area (TPSA) is 43.4 Å². The quantitative estimate of drug-likeness (QED) is 0.877. The summed E-state index contributed by atoms with van der Waals surface area (Å²) < 4.78 is 11.2. The molecule has 2 aromatic rings. The van der Waals surface area contributed by atoms with Crippen molar-refractivity contribution in [3.05, 3.63) is 47.7 Å². The second kappa shape index (κ2) is 6.91. The van der Waals surface area contributed by atoms with Crippen molar-refractivity contribution in [3.63, 3.8) is 0 Å². The fourth-order valence-corrected chi connectivity index (χ4v) is 1.95. The average Bonchev–Trinajstić information content (AvgIpc) is 2.48. The summed E-state index contributed by atoms with van der Waals surface area (Å²) >= 11 is 0. The molecule has 4 heteroatoms. The van der Waals surface area contributed by atoms with Crippen LogP contribution in [0.5, 0.6) is 17.4 Å². The number of benzene rings is 1. The van der Waals surface area contributed by atoms with Crippen molar-refractivity contribution in [3.8, 4) is 17.4 Å². The minimum Gasteiger partial charge on any atom is -0.493 e. The fourth-order valence-electron chi connectivity index (χ4n) is 1.95. The maximum absolute atomic E-state index is 5.82. The van der Waals surface area contributed by atoms with Gasteiger partial charge >= 0.3 is 0 Å². The van der Waals surface area contributed by atoms with Crippen molar-refractivity contribution in [2.24, 2.45) is 0 Å². The Balaban J connectivity index is 2.22. The monoisotopic (exact) mass is 272 g/mol. The van der Waals surface area contributed by atoms with Crippen LogP contribution in [0.2, 0.25) is 0 Å². The summed E-state index contributed by atoms with van der Waals surface area (Å²) in [6.45, 7) is 2.89. The molecule has 0 aliphatic carbocycles. The van der Waals surface area contributed by atoms with Crippen LogP contribution in [0.3, 0.4) is 0 Å². The van der Waals surface area contributed by atoms with Gasteiger partial charge in [-0.05, 0) is 42.8 Å². The Morgan fingerprint density at radius 3 is 2.65 bits per heavy atom. The van der Waals surface area contributed by atoms with E-state index in [1.54, 1.807) is 13.3 Å². The first-order valence-electron chi connectivity index (χ1n) is 6.71. The highest BCUT2D eigenvalue weighted by atomic mass is 16.5.